The quantitative estimate of drug-likeness (QED) is 0.870. The average Bonchev–Trinajstić information content (AvgIpc) is 2.42. The lowest BCUT2D eigenvalue weighted by Crippen LogP contribution is -2.13. The minimum absolute atomic E-state index is 0.182. The highest BCUT2D eigenvalue weighted by molar-refractivity contribution is 9.10. The Hall–Kier alpha value is -1.66. The molecule has 19 heavy (non-hydrogen) atoms. The van der Waals surface area contributed by atoms with E-state index in [4.69, 9.17) is 0 Å². The second-order valence-electron chi connectivity index (χ2n) is 3.78. The molecule has 0 aliphatic carbocycles. The van der Waals surface area contributed by atoms with Gasteiger partial charge in [0.1, 0.15) is 6.29 Å². The van der Waals surface area contributed by atoms with Crippen molar-refractivity contribution >= 4 is 37.9 Å². The number of carbonyl (C=O) groups excluding carboxylic acids is 1. The van der Waals surface area contributed by atoms with Crippen LogP contribution < -0.4 is 4.72 Å². The van der Waals surface area contributed by atoms with Crippen molar-refractivity contribution in [1.29, 1.82) is 0 Å². The van der Waals surface area contributed by atoms with E-state index in [0.29, 0.717) is 22.0 Å². The Balaban J connectivity index is 2.34. The Bertz CT molecular complexity index is 699. The van der Waals surface area contributed by atoms with Crippen LogP contribution in [0.1, 0.15) is 10.4 Å². The number of sulfonamides is 1. The monoisotopic (exact) mass is 339 g/mol. The Kier molecular flexibility index (Phi) is 4.01. The topological polar surface area (TPSA) is 63.2 Å². The normalized spacial score (nSPS) is 11.0. The average molecular weight is 340 g/mol. The van der Waals surface area contributed by atoms with Gasteiger partial charge < -0.3 is 0 Å². The van der Waals surface area contributed by atoms with Crippen LogP contribution in [-0.2, 0) is 10.0 Å². The fourth-order valence-electron chi connectivity index (χ4n) is 1.49. The first-order valence-corrected chi connectivity index (χ1v) is 7.63. The molecule has 0 saturated heterocycles. The number of aldehydes is 1. The molecule has 0 bridgehead atoms. The van der Waals surface area contributed by atoms with Crippen molar-refractivity contribution in [3.05, 3.63) is 58.6 Å². The molecular formula is C13H10BrNO3S. The molecule has 0 atom stereocenters. The summed E-state index contributed by atoms with van der Waals surface area (Å²) in [5.41, 5.74) is 0.851. The predicted molar refractivity (Wildman–Crippen MR) is 76.8 cm³/mol. The van der Waals surface area contributed by atoms with Gasteiger partial charge in [-0.15, -0.1) is 0 Å². The van der Waals surface area contributed by atoms with Gasteiger partial charge in [0.05, 0.1) is 10.6 Å². The zero-order chi connectivity index (χ0) is 13.9. The molecule has 98 valence electrons. The molecule has 2 rings (SSSR count). The van der Waals surface area contributed by atoms with Crippen LogP contribution in [0.15, 0.2) is 57.9 Å². The molecule has 0 fully saturated rings. The van der Waals surface area contributed by atoms with Crippen molar-refractivity contribution in [3.8, 4) is 0 Å². The summed E-state index contributed by atoms with van der Waals surface area (Å²) in [6.07, 6.45) is 0.695. The van der Waals surface area contributed by atoms with E-state index in [9.17, 15) is 13.2 Å². The highest BCUT2D eigenvalue weighted by atomic mass is 79.9. The van der Waals surface area contributed by atoms with Crippen LogP contribution in [0.25, 0.3) is 0 Å². The first kappa shape index (κ1) is 13.8. The fraction of sp³-hybridized carbons (Fsp3) is 0. The second kappa shape index (κ2) is 5.54. The molecule has 2 aromatic carbocycles. The lowest BCUT2D eigenvalue weighted by molar-refractivity contribution is 0.112. The van der Waals surface area contributed by atoms with E-state index in [-0.39, 0.29) is 4.90 Å². The Morgan fingerprint density at radius 1 is 1.05 bits per heavy atom. The standard InChI is InChI=1S/C13H10BrNO3S/c14-12-8-10(9-16)6-7-13(12)15-19(17,18)11-4-2-1-3-5-11/h1-9,15H. The second-order valence-corrected chi connectivity index (χ2v) is 6.31. The van der Waals surface area contributed by atoms with Crippen molar-refractivity contribution in [2.24, 2.45) is 0 Å². The van der Waals surface area contributed by atoms with E-state index >= 15 is 0 Å². The lowest BCUT2D eigenvalue weighted by atomic mass is 10.2. The van der Waals surface area contributed by atoms with Crippen LogP contribution in [0, 0.1) is 0 Å². The maximum absolute atomic E-state index is 12.1. The van der Waals surface area contributed by atoms with Crippen molar-refractivity contribution in [2.75, 3.05) is 4.72 Å². The molecule has 0 aliphatic heterocycles. The molecule has 0 aromatic heterocycles. The van der Waals surface area contributed by atoms with Crippen LogP contribution in [0.3, 0.4) is 0 Å². The Morgan fingerprint density at radius 3 is 2.32 bits per heavy atom. The van der Waals surface area contributed by atoms with Gasteiger partial charge in [-0.25, -0.2) is 8.42 Å². The summed E-state index contributed by atoms with van der Waals surface area (Å²) in [6.45, 7) is 0. The molecule has 0 unspecified atom stereocenters. The fourth-order valence-corrected chi connectivity index (χ4v) is 3.22. The van der Waals surface area contributed by atoms with Gasteiger partial charge in [-0.2, -0.15) is 0 Å². The van der Waals surface area contributed by atoms with Gasteiger partial charge in [0, 0.05) is 10.0 Å². The number of halogens is 1. The number of nitrogens with one attached hydrogen (secondary N) is 1. The first-order chi connectivity index (χ1) is 9.03. The van der Waals surface area contributed by atoms with Crippen LogP contribution in [0.5, 0.6) is 0 Å². The van der Waals surface area contributed by atoms with E-state index in [1.165, 1.54) is 18.2 Å². The Morgan fingerprint density at radius 2 is 1.74 bits per heavy atom. The minimum Gasteiger partial charge on any atom is -0.298 e. The van der Waals surface area contributed by atoms with Gasteiger partial charge in [0.25, 0.3) is 10.0 Å². The molecule has 0 radical (unpaired) electrons. The summed E-state index contributed by atoms with van der Waals surface area (Å²) in [4.78, 5) is 10.8. The molecule has 6 heteroatoms. The SMILES string of the molecule is O=Cc1ccc(NS(=O)(=O)c2ccccc2)c(Br)c1. The highest BCUT2D eigenvalue weighted by Crippen LogP contribution is 2.25. The van der Waals surface area contributed by atoms with Crippen LogP contribution in [0.4, 0.5) is 5.69 Å². The number of hydrogen-bond donors (Lipinski definition) is 1. The minimum atomic E-state index is -3.62. The molecule has 0 amide bonds. The van der Waals surface area contributed by atoms with Crippen LogP contribution >= 0.6 is 15.9 Å². The maximum Gasteiger partial charge on any atom is 0.261 e. The third-order valence-electron chi connectivity index (χ3n) is 2.43. The van der Waals surface area contributed by atoms with Gasteiger partial charge in [0.2, 0.25) is 0 Å². The zero-order valence-electron chi connectivity index (χ0n) is 9.71. The molecule has 4 nitrogen and oxygen atoms in total. The van der Waals surface area contributed by atoms with Crippen molar-refractivity contribution < 1.29 is 13.2 Å². The molecular weight excluding hydrogens is 330 g/mol. The smallest absolute Gasteiger partial charge is 0.261 e. The maximum atomic E-state index is 12.1. The molecule has 0 saturated carbocycles. The van der Waals surface area contributed by atoms with Gasteiger partial charge >= 0.3 is 0 Å². The van der Waals surface area contributed by atoms with E-state index in [2.05, 4.69) is 20.7 Å². The lowest BCUT2D eigenvalue weighted by Gasteiger charge is -2.09. The third-order valence-corrected chi connectivity index (χ3v) is 4.46. The predicted octanol–water partition coefficient (Wildman–Crippen LogP) is 3.06. The summed E-state index contributed by atoms with van der Waals surface area (Å²) in [5, 5.41) is 0. The van der Waals surface area contributed by atoms with Crippen LogP contribution in [-0.4, -0.2) is 14.7 Å². The highest BCUT2D eigenvalue weighted by Gasteiger charge is 2.14. The van der Waals surface area contributed by atoms with Crippen molar-refractivity contribution in [2.45, 2.75) is 4.90 Å². The summed E-state index contributed by atoms with van der Waals surface area (Å²) >= 11 is 3.23. The van der Waals surface area contributed by atoms with Gasteiger partial charge in [-0.1, -0.05) is 18.2 Å². The molecule has 2 aromatic rings. The van der Waals surface area contributed by atoms with E-state index in [1.54, 1.807) is 30.3 Å². The first-order valence-electron chi connectivity index (χ1n) is 5.35. The van der Waals surface area contributed by atoms with Crippen LogP contribution in [0.2, 0.25) is 0 Å². The zero-order valence-corrected chi connectivity index (χ0v) is 12.1. The van der Waals surface area contributed by atoms with Crippen molar-refractivity contribution in [3.63, 3.8) is 0 Å². The molecule has 0 spiro atoms. The van der Waals surface area contributed by atoms with Gasteiger partial charge in [0.15, 0.2) is 0 Å². The summed E-state index contributed by atoms with van der Waals surface area (Å²) in [5.74, 6) is 0. The summed E-state index contributed by atoms with van der Waals surface area (Å²) in [7, 11) is -3.62. The summed E-state index contributed by atoms with van der Waals surface area (Å²) in [6, 6.07) is 12.7. The summed E-state index contributed by atoms with van der Waals surface area (Å²) < 4.78 is 27.2. The van der Waals surface area contributed by atoms with E-state index in [1.807, 2.05) is 0 Å². The number of carbonyl (C=O) groups is 1. The van der Waals surface area contributed by atoms with Gasteiger partial charge in [-0.3, -0.25) is 9.52 Å². The molecule has 0 heterocycles. The number of benzene rings is 2. The van der Waals surface area contributed by atoms with Gasteiger partial charge in [-0.05, 0) is 46.3 Å². The van der Waals surface area contributed by atoms with Crippen molar-refractivity contribution in [1.82, 2.24) is 0 Å². The third kappa shape index (κ3) is 3.21. The number of hydrogen-bond acceptors (Lipinski definition) is 3. The molecule has 1 N–H and O–H groups in total. The number of anilines is 1. The number of rotatable bonds is 4. The van der Waals surface area contributed by atoms with E-state index in [0.717, 1.165) is 0 Å². The molecule has 0 aliphatic rings. The van der Waals surface area contributed by atoms with E-state index < -0.39 is 10.0 Å². The Labute approximate surface area is 119 Å². The largest absolute Gasteiger partial charge is 0.298 e.